The number of hydrogen-bond donors (Lipinski definition) is 1. The summed E-state index contributed by atoms with van der Waals surface area (Å²) in [6.45, 7) is 9.10. The van der Waals surface area contributed by atoms with E-state index in [0.717, 1.165) is 21.8 Å². The van der Waals surface area contributed by atoms with Gasteiger partial charge in [0.1, 0.15) is 25.9 Å². The van der Waals surface area contributed by atoms with Crippen molar-refractivity contribution in [2.45, 2.75) is 16.7 Å². The second-order valence-electron chi connectivity index (χ2n) is 6.76. The summed E-state index contributed by atoms with van der Waals surface area (Å²) in [6, 6.07) is 9.32. The van der Waals surface area contributed by atoms with Crippen LogP contribution in [0.1, 0.15) is 5.69 Å². The van der Waals surface area contributed by atoms with Gasteiger partial charge in [-0.1, -0.05) is 18.2 Å². The predicted octanol–water partition coefficient (Wildman–Crippen LogP) is -2.56. The first-order valence-electron chi connectivity index (χ1n) is 9.01. The van der Waals surface area contributed by atoms with Crippen LogP contribution in [0.4, 0.5) is 17.2 Å². The molecule has 2 aromatic heterocycles. The van der Waals surface area contributed by atoms with Gasteiger partial charge in [-0.25, -0.2) is 26.4 Å². The molecule has 0 unspecified atom stereocenters. The SMILES string of the molecule is [C-]#[N+]c1cnn(-c2cc(S(=O)(=O)[O-])ccc2S(=O)(=O)[O-])c1N=Nc1c(C)[nH]c2ccccc12.[Na+].[Na+]. The number of rotatable bonds is 5. The third-order valence-electron chi connectivity index (χ3n) is 4.67. The summed E-state index contributed by atoms with van der Waals surface area (Å²) < 4.78 is 70.5. The first-order valence-corrected chi connectivity index (χ1v) is 11.8. The molecule has 4 rings (SSSR count). The Morgan fingerprint density at radius 3 is 2.34 bits per heavy atom. The van der Waals surface area contributed by atoms with E-state index in [-0.39, 0.29) is 70.6 Å². The van der Waals surface area contributed by atoms with Crippen molar-refractivity contribution in [2.75, 3.05) is 0 Å². The van der Waals surface area contributed by atoms with Crippen LogP contribution < -0.4 is 59.1 Å². The third kappa shape index (κ3) is 5.92. The van der Waals surface area contributed by atoms with E-state index >= 15 is 0 Å². The summed E-state index contributed by atoms with van der Waals surface area (Å²) >= 11 is 0. The molecule has 0 bridgehead atoms. The summed E-state index contributed by atoms with van der Waals surface area (Å²) in [7, 11) is -10.1. The van der Waals surface area contributed by atoms with Gasteiger partial charge in [0.2, 0.25) is 0 Å². The monoisotopic (exact) mass is 530 g/mol. The molecule has 4 aromatic rings. The molecule has 0 saturated heterocycles. The number of azo groups is 1. The third-order valence-corrected chi connectivity index (χ3v) is 6.38. The average molecular weight is 530 g/mol. The molecule has 0 aliphatic rings. The van der Waals surface area contributed by atoms with E-state index in [4.69, 9.17) is 6.57 Å². The molecular weight excluding hydrogens is 518 g/mol. The molecule has 0 aliphatic heterocycles. The van der Waals surface area contributed by atoms with Crippen molar-refractivity contribution in [2.24, 2.45) is 10.2 Å². The molecule has 0 amide bonds. The summed E-state index contributed by atoms with van der Waals surface area (Å²) in [5.74, 6) is -0.264. The van der Waals surface area contributed by atoms with Gasteiger partial charge in [0.25, 0.3) is 5.69 Å². The van der Waals surface area contributed by atoms with Gasteiger partial charge in [-0.15, -0.1) is 10.2 Å². The standard InChI is InChI=1S/C19H14N6O6S2.2Na/c1-11-18(13-5-3-4-6-14(13)22-11)23-24-19-15(20-2)10-21-25(19)16-9-12(32(26,27)28)7-8-17(16)33(29,30)31;;/h3-10,22H,1H3,(H,26,27,28)(H,29,30,31);;/q;2*+1/p-2. The van der Waals surface area contributed by atoms with E-state index in [9.17, 15) is 25.9 Å². The molecule has 0 aliphatic carbocycles. The van der Waals surface area contributed by atoms with Crippen LogP contribution in [-0.4, -0.2) is 40.7 Å². The van der Waals surface area contributed by atoms with Gasteiger partial charge in [-0.05, 0) is 31.2 Å². The maximum absolute atomic E-state index is 11.8. The molecule has 0 spiro atoms. The summed E-state index contributed by atoms with van der Waals surface area (Å²) in [5.41, 5.74) is 1.19. The molecule has 0 atom stereocenters. The van der Waals surface area contributed by atoms with Crippen LogP contribution in [0.2, 0.25) is 0 Å². The van der Waals surface area contributed by atoms with Crippen LogP contribution in [-0.2, 0) is 20.2 Å². The number of hydrogen-bond acceptors (Lipinski definition) is 9. The van der Waals surface area contributed by atoms with Crippen molar-refractivity contribution in [1.29, 1.82) is 0 Å². The summed E-state index contributed by atoms with van der Waals surface area (Å²) in [5, 5.41) is 12.8. The van der Waals surface area contributed by atoms with E-state index in [1.165, 1.54) is 0 Å². The van der Waals surface area contributed by atoms with E-state index in [0.29, 0.717) is 29.6 Å². The molecule has 12 nitrogen and oxygen atoms in total. The average Bonchev–Trinajstić information content (AvgIpc) is 3.30. The maximum Gasteiger partial charge on any atom is 1.00 e. The molecule has 16 heteroatoms. The Hall–Kier alpha value is -1.90. The summed E-state index contributed by atoms with van der Waals surface area (Å²) in [4.78, 5) is 4.74. The number of para-hydroxylation sites is 1. The van der Waals surface area contributed by atoms with Crippen molar-refractivity contribution in [3.05, 3.63) is 65.8 Å². The largest absolute Gasteiger partial charge is 1.00 e. The van der Waals surface area contributed by atoms with E-state index in [1.54, 1.807) is 19.1 Å². The zero-order valence-corrected chi connectivity index (χ0v) is 24.3. The molecule has 35 heavy (non-hydrogen) atoms. The predicted molar refractivity (Wildman–Crippen MR) is 113 cm³/mol. The van der Waals surface area contributed by atoms with Crippen LogP contribution in [0, 0.1) is 13.5 Å². The topological polar surface area (TPSA) is 177 Å². The molecule has 2 aromatic carbocycles. The fraction of sp³-hybridized carbons (Fsp3) is 0.0526. The number of H-pyrrole nitrogens is 1. The van der Waals surface area contributed by atoms with Crippen molar-refractivity contribution in [1.82, 2.24) is 14.8 Å². The first-order chi connectivity index (χ1) is 15.5. The van der Waals surface area contributed by atoms with Crippen LogP contribution in [0.5, 0.6) is 0 Å². The van der Waals surface area contributed by atoms with Gasteiger partial charge < -0.3 is 14.1 Å². The van der Waals surface area contributed by atoms with Gasteiger partial charge in [-0.2, -0.15) is 5.10 Å². The minimum Gasteiger partial charge on any atom is -0.744 e. The fourth-order valence-electron chi connectivity index (χ4n) is 3.20. The number of nitrogens with zero attached hydrogens (tertiary/aromatic N) is 5. The Labute approximate surface area is 244 Å². The van der Waals surface area contributed by atoms with Crippen molar-refractivity contribution >= 4 is 48.3 Å². The number of aromatic nitrogens is 3. The normalized spacial score (nSPS) is 11.7. The zero-order chi connectivity index (χ0) is 24.0. The number of benzene rings is 2. The minimum absolute atomic E-state index is 0. The van der Waals surface area contributed by atoms with Crippen molar-refractivity contribution in [3.8, 4) is 5.69 Å². The summed E-state index contributed by atoms with van der Waals surface area (Å²) in [6.07, 6.45) is 1.04. The van der Waals surface area contributed by atoms with Gasteiger partial charge in [0.05, 0.1) is 28.2 Å². The molecule has 0 saturated carbocycles. The molecule has 1 N–H and O–H groups in total. The van der Waals surface area contributed by atoms with Crippen LogP contribution in [0.3, 0.4) is 0 Å². The van der Waals surface area contributed by atoms with Crippen LogP contribution in [0.15, 0.2) is 68.7 Å². The zero-order valence-electron chi connectivity index (χ0n) is 18.6. The fourth-order valence-corrected chi connectivity index (χ4v) is 4.33. The minimum atomic E-state index is -5.11. The van der Waals surface area contributed by atoms with E-state index in [1.807, 2.05) is 12.1 Å². The van der Waals surface area contributed by atoms with Gasteiger partial charge in [0, 0.05) is 16.6 Å². The Bertz CT molecular complexity index is 1710. The van der Waals surface area contributed by atoms with E-state index < -0.39 is 35.7 Å². The van der Waals surface area contributed by atoms with Gasteiger partial charge >= 0.3 is 59.1 Å². The number of fused-ring (bicyclic) bond motifs is 1. The Balaban J connectivity index is 0.00000216. The van der Waals surface area contributed by atoms with Crippen LogP contribution >= 0.6 is 0 Å². The number of nitrogens with one attached hydrogen (secondary N) is 1. The number of aromatic amines is 1. The van der Waals surface area contributed by atoms with Gasteiger partial charge in [-0.3, -0.25) is 0 Å². The van der Waals surface area contributed by atoms with Crippen molar-refractivity contribution < 1.29 is 85.1 Å². The quantitative estimate of drug-likeness (QED) is 0.128. The number of aryl methyl sites for hydroxylation is 1. The Kier molecular flexibility index (Phi) is 9.23. The molecule has 0 radical (unpaired) electrons. The molecule has 2 heterocycles. The second kappa shape index (κ2) is 11.0. The molecular formula is C19H12N6Na2O6S2. The smallest absolute Gasteiger partial charge is 0.744 e. The first kappa shape index (κ1) is 29.3. The van der Waals surface area contributed by atoms with Crippen molar-refractivity contribution in [3.63, 3.8) is 0 Å². The second-order valence-corrected chi connectivity index (χ2v) is 9.49. The van der Waals surface area contributed by atoms with Gasteiger partial charge in [0.15, 0.2) is 5.82 Å². The maximum atomic E-state index is 11.8. The molecule has 0 fully saturated rings. The molecule has 168 valence electrons. The van der Waals surface area contributed by atoms with Crippen LogP contribution in [0.25, 0.3) is 21.4 Å². The van der Waals surface area contributed by atoms with E-state index in [2.05, 4.69) is 25.2 Å². The Morgan fingerprint density at radius 1 is 1.03 bits per heavy atom. The Morgan fingerprint density at radius 2 is 1.71 bits per heavy atom.